The number of rotatable bonds is 4. The molecule has 1 amide bonds. The molecule has 3 rings (SSSR count). The minimum Gasteiger partial charge on any atom is -0.354 e. The molecule has 21 heavy (non-hydrogen) atoms. The third-order valence-corrected chi connectivity index (χ3v) is 4.41. The van der Waals surface area contributed by atoms with Gasteiger partial charge in [-0.05, 0) is 25.0 Å². The molecule has 5 heteroatoms. The lowest BCUT2D eigenvalue weighted by molar-refractivity contribution is -0.124. The Balaban J connectivity index is 1.69. The molecule has 1 aromatic carbocycles. The van der Waals surface area contributed by atoms with E-state index in [1.165, 1.54) is 0 Å². The first kappa shape index (κ1) is 13.9. The van der Waals surface area contributed by atoms with Crippen LogP contribution in [0.3, 0.4) is 0 Å². The number of imidazole rings is 1. The van der Waals surface area contributed by atoms with Crippen LogP contribution in [0, 0.1) is 5.92 Å². The molecular formula is C16H21N3O2. The van der Waals surface area contributed by atoms with Crippen LogP contribution in [0.1, 0.15) is 25.7 Å². The Morgan fingerprint density at radius 3 is 2.62 bits per heavy atom. The third-order valence-electron chi connectivity index (χ3n) is 4.41. The van der Waals surface area contributed by atoms with Crippen molar-refractivity contribution in [3.8, 4) is 0 Å². The average molecular weight is 287 g/mol. The second kappa shape index (κ2) is 5.76. The Morgan fingerprint density at radius 2 is 1.90 bits per heavy atom. The van der Waals surface area contributed by atoms with Gasteiger partial charge in [0.1, 0.15) is 0 Å². The van der Waals surface area contributed by atoms with Crippen molar-refractivity contribution < 1.29 is 4.79 Å². The molecule has 1 fully saturated rings. The van der Waals surface area contributed by atoms with Crippen LogP contribution in [0.2, 0.25) is 0 Å². The summed E-state index contributed by atoms with van der Waals surface area (Å²) >= 11 is 0. The molecule has 1 heterocycles. The van der Waals surface area contributed by atoms with Crippen LogP contribution in [-0.4, -0.2) is 21.6 Å². The number of aryl methyl sites for hydroxylation is 1. The van der Waals surface area contributed by atoms with Gasteiger partial charge in [0.05, 0.1) is 11.0 Å². The highest BCUT2D eigenvalue weighted by molar-refractivity contribution is 5.79. The van der Waals surface area contributed by atoms with E-state index < -0.39 is 0 Å². The van der Waals surface area contributed by atoms with Gasteiger partial charge in [0.25, 0.3) is 0 Å². The fraction of sp³-hybridized carbons (Fsp3) is 0.500. The maximum Gasteiger partial charge on any atom is 0.328 e. The van der Waals surface area contributed by atoms with E-state index in [0.29, 0.717) is 13.1 Å². The summed E-state index contributed by atoms with van der Waals surface area (Å²) in [5, 5.41) is 2.97. The molecule has 5 nitrogen and oxygen atoms in total. The molecule has 1 aromatic heterocycles. The molecule has 0 aliphatic heterocycles. The normalized spacial score (nSPS) is 15.7. The highest BCUT2D eigenvalue weighted by Gasteiger charge is 2.22. The van der Waals surface area contributed by atoms with Crippen molar-refractivity contribution in [2.45, 2.75) is 32.2 Å². The summed E-state index contributed by atoms with van der Waals surface area (Å²) in [7, 11) is 1.78. The predicted octanol–water partition coefficient (Wildman–Crippen LogP) is 1.65. The van der Waals surface area contributed by atoms with Gasteiger partial charge in [0.2, 0.25) is 5.91 Å². The van der Waals surface area contributed by atoms with E-state index in [1.807, 2.05) is 24.3 Å². The van der Waals surface area contributed by atoms with Gasteiger partial charge in [-0.3, -0.25) is 13.9 Å². The molecule has 1 aliphatic rings. The van der Waals surface area contributed by atoms with Crippen LogP contribution in [0.4, 0.5) is 0 Å². The van der Waals surface area contributed by atoms with E-state index in [1.54, 1.807) is 16.2 Å². The SMILES string of the molecule is Cn1c(=O)n(CCNC(=O)C2CCCC2)c2ccccc21. The lowest BCUT2D eigenvalue weighted by Gasteiger charge is -2.10. The molecule has 0 atom stereocenters. The zero-order valence-electron chi connectivity index (χ0n) is 12.3. The van der Waals surface area contributed by atoms with Crippen LogP contribution >= 0.6 is 0 Å². The van der Waals surface area contributed by atoms with E-state index in [2.05, 4.69) is 5.32 Å². The van der Waals surface area contributed by atoms with Gasteiger partial charge in [-0.1, -0.05) is 25.0 Å². The van der Waals surface area contributed by atoms with Crippen molar-refractivity contribution in [1.29, 1.82) is 0 Å². The number of aromatic nitrogens is 2. The molecule has 0 unspecified atom stereocenters. The third kappa shape index (κ3) is 2.60. The Kier molecular flexibility index (Phi) is 3.82. The number of para-hydroxylation sites is 2. The van der Waals surface area contributed by atoms with Gasteiger partial charge >= 0.3 is 5.69 Å². The van der Waals surface area contributed by atoms with Crippen molar-refractivity contribution in [3.05, 3.63) is 34.7 Å². The number of benzene rings is 1. The second-order valence-corrected chi connectivity index (χ2v) is 5.75. The Labute approximate surface area is 123 Å². The van der Waals surface area contributed by atoms with E-state index >= 15 is 0 Å². The number of amides is 1. The van der Waals surface area contributed by atoms with Crippen molar-refractivity contribution in [2.24, 2.45) is 13.0 Å². The van der Waals surface area contributed by atoms with Gasteiger partial charge in [0, 0.05) is 26.1 Å². The van der Waals surface area contributed by atoms with Gasteiger partial charge in [-0.15, -0.1) is 0 Å². The van der Waals surface area contributed by atoms with Gasteiger partial charge in [-0.25, -0.2) is 4.79 Å². The zero-order chi connectivity index (χ0) is 14.8. The molecule has 1 saturated carbocycles. The predicted molar refractivity (Wildman–Crippen MR) is 82.1 cm³/mol. The van der Waals surface area contributed by atoms with Crippen molar-refractivity contribution in [1.82, 2.24) is 14.5 Å². The second-order valence-electron chi connectivity index (χ2n) is 5.75. The van der Waals surface area contributed by atoms with Gasteiger partial charge in [0.15, 0.2) is 0 Å². The molecule has 1 N–H and O–H groups in total. The molecule has 112 valence electrons. The summed E-state index contributed by atoms with van der Waals surface area (Å²) in [6, 6.07) is 7.73. The molecule has 0 spiro atoms. The lowest BCUT2D eigenvalue weighted by Crippen LogP contribution is -2.34. The van der Waals surface area contributed by atoms with Gasteiger partial charge in [-0.2, -0.15) is 0 Å². The van der Waals surface area contributed by atoms with Crippen molar-refractivity contribution >= 4 is 16.9 Å². The molecular weight excluding hydrogens is 266 g/mol. The average Bonchev–Trinajstić information content (AvgIpc) is 3.11. The number of hydrogen-bond donors (Lipinski definition) is 1. The highest BCUT2D eigenvalue weighted by atomic mass is 16.2. The maximum atomic E-state index is 12.2. The smallest absolute Gasteiger partial charge is 0.328 e. The van der Waals surface area contributed by atoms with E-state index in [0.717, 1.165) is 36.7 Å². The zero-order valence-corrected chi connectivity index (χ0v) is 12.3. The summed E-state index contributed by atoms with van der Waals surface area (Å²) in [6.45, 7) is 1.02. The topological polar surface area (TPSA) is 56.0 Å². The first-order chi connectivity index (χ1) is 10.2. The fourth-order valence-electron chi connectivity index (χ4n) is 3.20. The quantitative estimate of drug-likeness (QED) is 0.929. The lowest BCUT2D eigenvalue weighted by atomic mass is 10.1. The molecule has 1 aliphatic carbocycles. The van der Waals surface area contributed by atoms with Crippen molar-refractivity contribution in [2.75, 3.05) is 6.54 Å². The number of nitrogens with zero attached hydrogens (tertiary/aromatic N) is 2. The molecule has 0 saturated heterocycles. The summed E-state index contributed by atoms with van der Waals surface area (Å²) in [5.74, 6) is 0.315. The van der Waals surface area contributed by atoms with Crippen LogP contribution < -0.4 is 11.0 Å². The molecule has 0 radical (unpaired) electrons. The van der Waals surface area contributed by atoms with Crippen molar-refractivity contribution in [3.63, 3.8) is 0 Å². The Morgan fingerprint density at radius 1 is 1.24 bits per heavy atom. The van der Waals surface area contributed by atoms with E-state index in [9.17, 15) is 9.59 Å². The number of carbonyl (C=O) groups is 1. The first-order valence-electron chi connectivity index (χ1n) is 7.60. The maximum absolute atomic E-state index is 12.2. The van der Waals surface area contributed by atoms with Crippen LogP contribution in [-0.2, 0) is 18.4 Å². The minimum atomic E-state index is -0.0358. The van der Waals surface area contributed by atoms with Crippen LogP contribution in [0.25, 0.3) is 11.0 Å². The Hall–Kier alpha value is -2.04. The van der Waals surface area contributed by atoms with E-state index in [4.69, 9.17) is 0 Å². The largest absolute Gasteiger partial charge is 0.354 e. The van der Waals surface area contributed by atoms with Crippen LogP contribution in [0.5, 0.6) is 0 Å². The van der Waals surface area contributed by atoms with E-state index in [-0.39, 0.29) is 17.5 Å². The number of hydrogen-bond acceptors (Lipinski definition) is 2. The standard InChI is InChI=1S/C16H21N3O2/c1-18-13-8-4-5-9-14(13)19(16(18)21)11-10-17-15(20)12-6-2-3-7-12/h4-5,8-9,12H,2-3,6-7,10-11H2,1H3,(H,17,20). The fourth-order valence-corrected chi connectivity index (χ4v) is 3.20. The summed E-state index contributed by atoms with van der Waals surface area (Å²) in [6.07, 6.45) is 4.31. The minimum absolute atomic E-state index is 0.0358. The number of fused-ring (bicyclic) bond motifs is 1. The Bertz CT molecular complexity index is 708. The van der Waals surface area contributed by atoms with Gasteiger partial charge < -0.3 is 5.32 Å². The first-order valence-corrected chi connectivity index (χ1v) is 7.60. The summed E-state index contributed by atoms with van der Waals surface area (Å²) in [5.41, 5.74) is 1.80. The highest BCUT2D eigenvalue weighted by Crippen LogP contribution is 2.24. The summed E-state index contributed by atoms with van der Waals surface area (Å²) < 4.78 is 3.37. The molecule has 2 aromatic rings. The molecule has 0 bridgehead atoms. The number of nitrogens with one attached hydrogen (secondary N) is 1. The van der Waals surface area contributed by atoms with Crippen LogP contribution in [0.15, 0.2) is 29.1 Å². The number of carbonyl (C=O) groups excluding carboxylic acids is 1. The monoisotopic (exact) mass is 287 g/mol. The summed E-state index contributed by atoms with van der Waals surface area (Å²) in [4.78, 5) is 24.2.